The molecule has 4 aliphatic heterocycles. The fourth-order valence-corrected chi connectivity index (χ4v) is 5.32. The van der Waals surface area contributed by atoms with Gasteiger partial charge in [-0.15, -0.1) is 0 Å². The van der Waals surface area contributed by atoms with Crippen LogP contribution in [-0.2, 0) is 19.1 Å². The molecule has 0 spiro atoms. The van der Waals surface area contributed by atoms with E-state index in [0.717, 1.165) is 11.3 Å². The van der Waals surface area contributed by atoms with Crippen molar-refractivity contribution in [1.82, 2.24) is 15.1 Å². The standard InChI is InChI=1S/C23H30N4O6/c24-16-11-26(22(30)23(31)12-32-13-23)9-7-14-5-6-18(27(14)21(16)29)20(28)25-17-8-10-33-19-4-2-1-3-15(17)19/h1-4,14,16-18,31H,5-13,24H2,(H,25,28)/t14-,16+,17-,18+/m1/s1. The fourth-order valence-electron chi connectivity index (χ4n) is 5.32. The Hall–Kier alpha value is -2.69. The zero-order valence-corrected chi connectivity index (χ0v) is 18.4. The van der Waals surface area contributed by atoms with E-state index in [0.29, 0.717) is 38.8 Å². The molecule has 5 rings (SSSR count). The van der Waals surface area contributed by atoms with Crippen molar-refractivity contribution in [3.63, 3.8) is 0 Å². The van der Waals surface area contributed by atoms with E-state index in [-0.39, 0.29) is 43.7 Å². The lowest BCUT2D eigenvalue weighted by Crippen LogP contribution is -2.65. The number of carbonyl (C=O) groups excluding carboxylic acids is 3. The first kappa shape index (κ1) is 22.1. The second-order valence-electron chi connectivity index (χ2n) is 9.40. The lowest BCUT2D eigenvalue weighted by molar-refractivity contribution is -0.200. The summed E-state index contributed by atoms with van der Waals surface area (Å²) in [5.41, 5.74) is 5.61. The molecule has 3 fully saturated rings. The number of carbonyl (C=O) groups is 3. The van der Waals surface area contributed by atoms with Crippen LogP contribution in [0.15, 0.2) is 24.3 Å². The van der Waals surface area contributed by atoms with E-state index in [4.69, 9.17) is 15.2 Å². The van der Waals surface area contributed by atoms with Gasteiger partial charge in [-0.1, -0.05) is 18.2 Å². The summed E-state index contributed by atoms with van der Waals surface area (Å²) in [6, 6.07) is 5.75. The van der Waals surface area contributed by atoms with Crippen molar-refractivity contribution in [3.05, 3.63) is 29.8 Å². The van der Waals surface area contributed by atoms with Crippen LogP contribution in [0.5, 0.6) is 5.75 Å². The first-order valence-corrected chi connectivity index (χ1v) is 11.6. The van der Waals surface area contributed by atoms with Gasteiger partial charge in [-0.3, -0.25) is 14.4 Å². The van der Waals surface area contributed by atoms with Crippen molar-refractivity contribution in [3.8, 4) is 5.75 Å². The first-order chi connectivity index (χ1) is 15.9. The Bertz CT molecular complexity index is 951. The van der Waals surface area contributed by atoms with Crippen molar-refractivity contribution >= 4 is 17.7 Å². The summed E-state index contributed by atoms with van der Waals surface area (Å²) in [4.78, 5) is 42.4. The van der Waals surface area contributed by atoms with Gasteiger partial charge in [0.15, 0.2) is 5.60 Å². The molecule has 4 aliphatic rings. The number of fused-ring (bicyclic) bond motifs is 2. The lowest BCUT2D eigenvalue weighted by Gasteiger charge is -2.42. The normalized spacial score (nSPS) is 30.8. The number of benzene rings is 1. The van der Waals surface area contributed by atoms with Gasteiger partial charge in [-0.2, -0.15) is 0 Å². The molecule has 33 heavy (non-hydrogen) atoms. The Balaban J connectivity index is 1.28. The maximum absolute atomic E-state index is 13.3. The molecule has 0 aliphatic carbocycles. The zero-order valence-electron chi connectivity index (χ0n) is 18.4. The number of hydrogen-bond acceptors (Lipinski definition) is 7. The summed E-state index contributed by atoms with van der Waals surface area (Å²) in [5, 5.41) is 13.5. The molecule has 10 heteroatoms. The molecule has 3 saturated heterocycles. The zero-order chi connectivity index (χ0) is 23.2. The summed E-state index contributed by atoms with van der Waals surface area (Å²) >= 11 is 0. The van der Waals surface area contributed by atoms with Gasteiger partial charge < -0.3 is 35.4 Å². The highest BCUT2D eigenvalue weighted by molar-refractivity contribution is 5.92. The number of para-hydroxylation sites is 1. The molecule has 10 nitrogen and oxygen atoms in total. The van der Waals surface area contributed by atoms with Gasteiger partial charge in [0.25, 0.3) is 5.91 Å². The highest BCUT2D eigenvalue weighted by atomic mass is 16.5. The number of amides is 3. The molecule has 4 heterocycles. The van der Waals surface area contributed by atoms with Crippen LogP contribution in [0.4, 0.5) is 0 Å². The average molecular weight is 459 g/mol. The Labute approximate surface area is 192 Å². The summed E-state index contributed by atoms with van der Waals surface area (Å²) in [5.74, 6) is -0.199. The minimum absolute atomic E-state index is 0.00484. The molecule has 1 aromatic carbocycles. The second kappa shape index (κ2) is 8.58. The fraction of sp³-hybridized carbons (Fsp3) is 0.609. The third-order valence-electron chi connectivity index (χ3n) is 7.17. The summed E-state index contributed by atoms with van der Waals surface area (Å²) in [6.07, 6.45) is 2.41. The molecule has 0 aromatic heterocycles. The average Bonchev–Trinajstić information content (AvgIpc) is 3.22. The maximum Gasteiger partial charge on any atom is 0.259 e. The number of rotatable bonds is 3. The highest BCUT2D eigenvalue weighted by Gasteiger charge is 2.49. The summed E-state index contributed by atoms with van der Waals surface area (Å²) in [7, 11) is 0. The van der Waals surface area contributed by atoms with Crippen LogP contribution in [0.25, 0.3) is 0 Å². The van der Waals surface area contributed by atoms with Crippen LogP contribution in [-0.4, -0.2) is 89.3 Å². The second-order valence-corrected chi connectivity index (χ2v) is 9.40. The molecular formula is C23H30N4O6. The predicted octanol–water partition coefficient (Wildman–Crippen LogP) is -0.693. The first-order valence-electron chi connectivity index (χ1n) is 11.6. The minimum atomic E-state index is -1.53. The third-order valence-corrected chi connectivity index (χ3v) is 7.17. The van der Waals surface area contributed by atoms with Crippen LogP contribution in [0.1, 0.15) is 37.3 Å². The van der Waals surface area contributed by atoms with Crippen molar-refractivity contribution in [2.75, 3.05) is 32.9 Å². The number of hydrogen-bond donors (Lipinski definition) is 3. The van der Waals surface area contributed by atoms with Gasteiger partial charge in [-0.25, -0.2) is 0 Å². The topological polar surface area (TPSA) is 134 Å². The van der Waals surface area contributed by atoms with Gasteiger partial charge in [0.1, 0.15) is 17.8 Å². The van der Waals surface area contributed by atoms with E-state index < -0.39 is 23.6 Å². The van der Waals surface area contributed by atoms with E-state index in [1.165, 1.54) is 4.90 Å². The molecule has 0 saturated carbocycles. The van der Waals surface area contributed by atoms with Crippen molar-refractivity contribution in [2.24, 2.45) is 5.73 Å². The van der Waals surface area contributed by atoms with Gasteiger partial charge in [0.2, 0.25) is 11.8 Å². The molecule has 0 bridgehead atoms. The Morgan fingerprint density at radius 2 is 1.94 bits per heavy atom. The molecule has 178 valence electrons. The van der Waals surface area contributed by atoms with Crippen molar-refractivity contribution < 1.29 is 29.0 Å². The monoisotopic (exact) mass is 458 g/mol. The van der Waals surface area contributed by atoms with Crippen LogP contribution < -0.4 is 15.8 Å². The van der Waals surface area contributed by atoms with Crippen LogP contribution in [0, 0.1) is 0 Å². The molecule has 0 unspecified atom stereocenters. The Morgan fingerprint density at radius 3 is 2.70 bits per heavy atom. The SMILES string of the molecule is N[C@H]1CN(C(=O)C2(O)COC2)CC[C@H]2CC[C@@H](C(=O)N[C@@H]3CCOc4ccccc43)N2C1=O. The quantitative estimate of drug-likeness (QED) is 0.546. The molecule has 4 N–H and O–H groups in total. The van der Waals surface area contributed by atoms with E-state index in [1.807, 2.05) is 24.3 Å². The van der Waals surface area contributed by atoms with Gasteiger partial charge in [0, 0.05) is 31.1 Å². The number of nitrogens with two attached hydrogens (primary N) is 1. The lowest BCUT2D eigenvalue weighted by atomic mass is 9.98. The molecular weight excluding hydrogens is 428 g/mol. The Kier molecular flexibility index (Phi) is 5.75. The number of nitrogens with one attached hydrogen (secondary N) is 1. The largest absolute Gasteiger partial charge is 0.493 e. The Morgan fingerprint density at radius 1 is 1.15 bits per heavy atom. The van der Waals surface area contributed by atoms with E-state index in [9.17, 15) is 19.5 Å². The van der Waals surface area contributed by atoms with E-state index in [1.54, 1.807) is 4.90 Å². The molecule has 3 amide bonds. The van der Waals surface area contributed by atoms with Crippen molar-refractivity contribution in [1.29, 1.82) is 0 Å². The summed E-state index contributed by atoms with van der Waals surface area (Å²) in [6.45, 7) is 0.803. The number of nitrogens with zero attached hydrogens (tertiary/aromatic N) is 2. The predicted molar refractivity (Wildman–Crippen MR) is 116 cm³/mol. The molecule has 1 aromatic rings. The molecule has 4 atom stereocenters. The van der Waals surface area contributed by atoms with E-state index in [2.05, 4.69) is 5.32 Å². The summed E-state index contributed by atoms with van der Waals surface area (Å²) < 4.78 is 10.7. The van der Waals surface area contributed by atoms with Gasteiger partial charge >= 0.3 is 0 Å². The third kappa shape index (κ3) is 3.96. The molecule has 0 radical (unpaired) electrons. The minimum Gasteiger partial charge on any atom is -0.493 e. The van der Waals surface area contributed by atoms with Gasteiger partial charge in [-0.05, 0) is 25.3 Å². The van der Waals surface area contributed by atoms with Crippen molar-refractivity contribution in [2.45, 2.75) is 55.5 Å². The smallest absolute Gasteiger partial charge is 0.259 e. The van der Waals surface area contributed by atoms with Crippen LogP contribution in [0.3, 0.4) is 0 Å². The van der Waals surface area contributed by atoms with Crippen LogP contribution in [0.2, 0.25) is 0 Å². The van der Waals surface area contributed by atoms with Gasteiger partial charge in [0.05, 0.1) is 25.9 Å². The highest BCUT2D eigenvalue weighted by Crippen LogP contribution is 2.34. The number of aliphatic hydroxyl groups is 1. The van der Waals surface area contributed by atoms with Crippen LogP contribution >= 0.6 is 0 Å². The number of ether oxygens (including phenoxy) is 2. The van der Waals surface area contributed by atoms with E-state index >= 15 is 0 Å². The maximum atomic E-state index is 13.3.